The molecule has 1 aliphatic rings. The lowest BCUT2D eigenvalue weighted by Crippen LogP contribution is -2.30. The highest BCUT2D eigenvalue weighted by atomic mass is 16.5. The molecule has 0 aromatic carbocycles. The molecule has 5 heteroatoms. The molecular formula is C16H23N3O2. The Hall–Kier alpha value is -1.43. The lowest BCUT2D eigenvalue weighted by molar-refractivity contribution is 0.0324. The highest BCUT2D eigenvalue weighted by Gasteiger charge is 2.21. The maximum Gasteiger partial charge on any atom is 0.137 e. The zero-order valence-electron chi connectivity index (χ0n) is 12.5. The van der Waals surface area contributed by atoms with Crippen LogP contribution in [0.15, 0.2) is 24.5 Å². The number of fused-ring (bicyclic) bond motifs is 1. The van der Waals surface area contributed by atoms with Crippen LogP contribution in [0, 0.1) is 12.8 Å². The van der Waals surface area contributed by atoms with Crippen LogP contribution in [0.2, 0.25) is 0 Å². The molecule has 5 nitrogen and oxygen atoms in total. The van der Waals surface area contributed by atoms with Gasteiger partial charge >= 0.3 is 0 Å². The maximum atomic E-state index is 9.85. The van der Waals surface area contributed by atoms with Gasteiger partial charge in [-0.2, -0.15) is 0 Å². The Morgan fingerprint density at radius 3 is 3.19 bits per heavy atom. The van der Waals surface area contributed by atoms with Crippen molar-refractivity contribution in [2.45, 2.75) is 32.4 Å². The standard InChI is InChI=1S/C16H23N3O2/c1-12-4-5-19-14(8-18-16(19)6-12)7-17-9-15(20)11-21-10-13-2-3-13/h4-6,8,13,15,17,20H,2-3,7,9-11H2,1H3. The van der Waals surface area contributed by atoms with Crippen molar-refractivity contribution in [3.63, 3.8) is 0 Å². The fraction of sp³-hybridized carbons (Fsp3) is 0.562. The lowest BCUT2D eigenvalue weighted by atomic mass is 10.3. The van der Waals surface area contributed by atoms with Crippen LogP contribution in [0.5, 0.6) is 0 Å². The van der Waals surface area contributed by atoms with E-state index in [0.717, 1.165) is 23.9 Å². The number of nitrogens with zero attached hydrogens (tertiary/aromatic N) is 2. The first-order valence-electron chi connectivity index (χ1n) is 7.61. The predicted octanol–water partition coefficient (Wildman–Crippen LogP) is 1.52. The third-order valence-corrected chi connectivity index (χ3v) is 3.79. The van der Waals surface area contributed by atoms with Gasteiger partial charge in [0.15, 0.2) is 0 Å². The summed E-state index contributed by atoms with van der Waals surface area (Å²) in [4.78, 5) is 4.39. The second-order valence-electron chi connectivity index (χ2n) is 5.95. The smallest absolute Gasteiger partial charge is 0.137 e. The highest BCUT2D eigenvalue weighted by molar-refractivity contribution is 5.42. The van der Waals surface area contributed by atoms with E-state index in [1.807, 2.05) is 12.4 Å². The second kappa shape index (κ2) is 6.56. The van der Waals surface area contributed by atoms with Crippen molar-refractivity contribution >= 4 is 5.65 Å². The molecule has 1 aliphatic carbocycles. The Kier molecular flexibility index (Phi) is 4.53. The number of pyridine rings is 1. The Balaban J connectivity index is 1.43. The first kappa shape index (κ1) is 14.5. The SMILES string of the molecule is Cc1ccn2c(CNCC(O)COCC3CC3)cnc2c1. The predicted molar refractivity (Wildman–Crippen MR) is 81.2 cm³/mol. The fourth-order valence-electron chi connectivity index (χ4n) is 2.35. The monoisotopic (exact) mass is 289 g/mol. The van der Waals surface area contributed by atoms with Crippen LogP contribution in [-0.4, -0.2) is 40.4 Å². The summed E-state index contributed by atoms with van der Waals surface area (Å²) in [5.41, 5.74) is 3.26. The van der Waals surface area contributed by atoms with Crippen LogP contribution in [0.1, 0.15) is 24.1 Å². The number of aliphatic hydroxyl groups excluding tert-OH is 1. The van der Waals surface area contributed by atoms with Crippen molar-refractivity contribution in [1.29, 1.82) is 0 Å². The van der Waals surface area contributed by atoms with E-state index in [2.05, 4.69) is 33.8 Å². The Morgan fingerprint density at radius 2 is 2.38 bits per heavy atom. The average molecular weight is 289 g/mol. The number of hydrogen-bond donors (Lipinski definition) is 2. The number of rotatable bonds is 8. The molecule has 2 aromatic heterocycles. The van der Waals surface area contributed by atoms with Crippen molar-refractivity contribution < 1.29 is 9.84 Å². The molecule has 1 saturated carbocycles. The van der Waals surface area contributed by atoms with E-state index < -0.39 is 6.10 Å². The first-order valence-corrected chi connectivity index (χ1v) is 7.61. The minimum atomic E-state index is -0.454. The summed E-state index contributed by atoms with van der Waals surface area (Å²) in [6.45, 7) is 4.48. The van der Waals surface area contributed by atoms with Crippen LogP contribution in [0.3, 0.4) is 0 Å². The molecule has 0 aliphatic heterocycles. The fourth-order valence-corrected chi connectivity index (χ4v) is 2.35. The van der Waals surface area contributed by atoms with Gasteiger partial charge in [-0.25, -0.2) is 4.98 Å². The summed E-state index contributed by atoms with van der Waals surface area (Å²) in [6.07, 6.45) is 6.01. The Labute approximate surface area is 125 Å². The number of ether oxygens (including phenoxy) is 1. The van der Waals surface area contributed by atoms with Gasteiger partial charge in [0, 0.05) is 25.9 Å². The normalized spacial score (nSPS) is 16.5. The molecule has 1 fully saturated rings. The van der Waals surface area contributed by atoms with E-state index in [1.165, 1.54) is 18.4 Å². The van der Waals surface area contributed by atoms with Crippen LogP contribution in [-0.2, 0) is 11.3 Å². The second-order valence-corrected chi connectivity index (χ2v) is 5.95. The Morgan fingerprint density at radius 1 is 1.52 bits per heavy atom. The number of aliphatic hydroxyl groups is 1. The van der Waals surface area contributed by atoms with E-state index in [1.54, 1.807) is 0 Å². The van der Waals surface area contributed by atoms with Crippen molar-refractivity contribution in [3.05, 3.63) is 35.8 Å². The average Bonchev–Trinajstić information content (AvgIpc) is 3.20. The van der Waals surface area contributed by atoms with E-state index in [4.69, 9.17) is 4.74 Å². The van der Waals surface area contributed by atoms with Crippen molar-refractivity contribution in [3.8, 4) is 0 Å². The number of aryl methyl sites for hydroxylation is 1. The van der Waals surface area contributed by atoms with Gasteiger partial charge in [0.05, 0.1) is 24.6 Å². The number of aromatic nitrogens is 2. The van der Waals surface area contributed by atoms with Gasteiger partial charge in [0.2, 0.25) is 0 Å². The summed E-state index contributed by atoms with van der Waals surface area (Å²) in [5, 5.41) is 13.1. The molecule has 21 heavy (non-hydrogen) atoms. The van der Waals surface area contributed by atoms with E-state index in [9.17, 15) is 5.11 Å². The third-order valence-electron chi connectivity index (χ3n) is 3.79. The molecule has 2 heterocycles. The van der Waals surface area contributed by atoms with Crippen molar-refractivity contribution in [2.24, 2.45) is 5.92 Å². The van der Waals surface area contributed by atoms with Gasteiger partial charge in [-0.3, -0.25) is 0 Å². The quantitative estimate of drug-likeness (QED) is 0.773. The van der Waals surface area contributed by atoms with Crippen LogP contribution in [0.4, 0.5) is 0 Å². The van der Waals surface area contributed by atoms with Crippen LogP contribution < -0.4 is 5.32 Å². The lowest BCUT2D eigenvalue weighted by Gasteiger charge is -2.12. The van der Waals surface area contributed by atoms with Gasteiger partial charge in [-0.05, 0) is 43.4 Å². The molecule has 0 bridgehead atoms. The zero-order valence-corrected chi connectivity index (χ0v) is 12.5. The van der Waals surface area contributed by atoms with Gasteiger partial charge < -0.3 is 19.6 Å². The molecule has 114 valence electrons. The minimum Gasteiger partial charge on any atom is -0.389 e. The summed E-state index contributed by atoms with van der Waals surface area (Å²) >= 11 is 0. The summed E-state index contributed by atoms with van der Waals surface area (Å²) < 4.78 is 7.55. The number of hydrogen-bond acceptors (Lipinski definition) is 4. The molecular weight excluding hydrogens is 266 g/mol. The Bertz CT molecular complexity index is 592. The summed E-state index contributed by atoms with van der Waals surface area (Å²) in [5.74, 6) is 0.742. The summed E-state index contributed by atoms with van der Waals surface area (Å²) in [6, 6.07) is 4.13. The maximum absolute atomic E-state index is 9.85. The molecule has 2 aromatic rings. The van der Waals surface area contributed by atoms with Gasteiger partial charge in [-0.1, -0.05) is 0 Å². The molecule has 2 N–H and O–H groups in total. The number of imidazole rings is 1. The van der Waals surface area contributed by atoms with Gasteiger partial charge in [-0.15, -0.1) is 0 Å². The molecule has 0 spiro atoms. The third kappa shape index (κ3) is 4.03. The first-order chi connectivity index (χ1) is 10.2. The highest BCUT2D eigenvalue weighted by Crippen LogP contribution is 2.28. The van der Waals surface area contributed by atoms with Crippen molar-refractivity contribution in [2.75, 3.05) is 19.8 Å². The molecule has 1 unspecified atom stereocenters. The van der Waals surface area contributed by atoms with Crippen LogP contribution >= 0.6 is 0 Å². The molecule has 3 rings (SSSR count). The van der Waals surface area contributed by atoms with Gasteiger partial charge in [0.25, 0.3) is 0 Å². The topological polar surface area (TPSA) is 58.8 Å². The van der Waals surface area contributed by atoms with Gasteiger partial charge in [0.1, 0.15) is 5.65 Å². The zero-order chi connectivity index (χ0) is 14.7. The molecule has 1 atom stereocenters. The largest absolute Gasteiger partial charge is 0.389 e. The minimum absolute atomic E-state index is 0.413. The van der Waals surface area contributed by atoms with Crippen molar-refractivity contribution in [1.82, 2.24) is 14.7 Å². The molecule has 0 radical (unpaired) electrons. The van der Waals surface area contributed by atoms with E-state index in [0.29, 0.717) is 19.7 Å². The van der Waals surface area contributed by atoms with Crippen LogP contribution in [0.25, 0.3) is 5.65 Å². The van der Waals surface area contributed by atoms with E-state index >= 15 is 0 Å². The van der Waals surface area contributed by atoms with E-state index in [-0.39, 0.29) is 0 Å². The number of nitrogens with one attached hydrogen (secondary N) is 1. The molecule has 0 amide bonds. The molecule has 0 saturated heterocycles. The summed E-state index contributed by atoms with van der Waals surface area (Å²) in [7, 11) is 0.